The van der Waals surface area contributed by atoms with E-state index in [-0.39, 0.29) is 5.56 Å². The first-order valence-electron chi connectivity index (χ1n) is 13.4. The predicted molar refractivity (Wildman–Crippen MR) is 165 cm³/mol. The number of fused-ring (bicyclic) bond motifs is 2. The molecule has 0 bridgehead atoms. The molecule has 1 fully saturated rings. The molecule has 2 aromatic carbocycles. The monoisotopic (exact) mass is 621 g/mol. The van der Waals surface area contributed by atoms with Crippen LogP contribution in [0.3, 0.4) is 0 Å². The first-order valence-corrected chi connectivity index (χ1v) is 14.6. The van der Waals surface area contributed by atoms with E-state index >= 15 is 0 Å². The number of hydrogen-bond acceptors (Lipinski definition) is 8. The number of ether oxygens (including phenoxy) is 1. The molecule has 222 valence electrons. The Morgan fingerprint density at radius 1 is 1.12 bits per heavy atom. The minimum absolute atomic E-state index is 0.0808. The molecule has 12 heteroatoms. The third-order valence-electron chi connectivity index (χ3n) is 6.98. The molecule has 0 saturated carbocycles. The molecular weight excluding hydrogens is 594 g/mol. The van der Waals surface area contributed by atoms with Crippen LogP contribution in [0.15, 0.2) is 82.3 Å². The van der Waals surface area contributed by atoms with Gasteiger partial charge in [0, 0.05) is 40.6 Å². The zero-order valence-corrected chi connectivity index (χ0v) is 24.7. The number of hydrogen-bond donors (Lipinski definition) is 2. The van der Waals surface area contributed by atoms with Gasteiger partial charge in [0.25, 0.3) is 5.56 Å². The molecule has 6 rings (SSSR count). The summed E-state index contributed by atoms with van der Waals surface area (Å²) in [6.45, 7) is 2.55. The Bertz CT molecular complexity index is 1840. The Hall–Kier alpha value is -4.29. The van der Waals surface area contributed by atoms with Gasteiger partial charge in [-0.15, -0.1) is 11.3 Å². The highest BCUT2D eigenvalue weighted by atomic mass is 35.5. The van der Waals surface area contributed by atoms with Crippen molar-refractivity contribution in [3.05, 3.63) is 94.2 Å². The van der Waals surface area contributed by atoms with Crippen molar-refractivity contribution in [3.8, 4) is 16.1 Å². The molecule has 0 spiro atoms. The molecule has 1 atom stereocenters. The van der Waals surface area contributed by atoms with Gasteiger partial charge in [0.2, 0.25) is 0 Å². The summed E-state index contributed by atoms with van der Waals surface area (Å²) in [5.41, 5.74) is 3.21. The standard InChI is InChI=1S/C27H24ClN3O3S.C4H4O4/c1-33-15-21-3-2-10-30(21)14-22-12-18-11-20(8-9-24(18)34-22)31-16-29-23-13-25(35-26(23)27(31)32)17-4-6-19(28)7-5-17;5-3(6)1-2-4(7)8/h4-9,11-13,16,21H,2-3,10,14-15H2,1H3;1-2H,(H,5,6)(H,7,8)/b;2-1-/t21-;/m1./s1. The van der Waals surface area contributed by atoms with Crippen molar-refractivity contribution in [2.75, 3.05) is 20.3 Å². The molecule has 0 aliphatic carbocycles. The van der Waals surface area contributed by atoms with Crippen molar-refractivity contribution in [2.45, 2.75) is 25.4 Å². The van der Waals surface area contributed by atoms with Crippen LogP contribution in [0.2, 0.25) is 5.02 Å². The van der Waals surface area contributed by atoms with Crippen LogP contribution in [-0.2, 0) is 20.9 Å². The number of benzene rings is 2. The van der Waals surface area contributed by atoms with Crippen LogP contribution in [0.4, 0.5) is 0 Å². The summed E-state index contributed by atoms with van der Waals surface area (Å²) in [6, 6.07) is 17.9. The average Bonchev–Trinajstić information content (AvgIpc) is 3.72. The summed E-state index contributed by atoms with van der Waals surface area (Å²) in [6.07, 6.45) is 5.05. The number of rotatable bonds is 8. The topological polar surface area (TPSA) is 135 Å². The number of thiophene rings is 1. The van der Waals surface area contributed by atoms with Gasteiger partial charge in [-0.1, -0.05) is 23.7 Å². The summed E-state index contributed by atoms with van der Waals surface area (Å²) >= 11 is 7.47. The van der Waals surface area contributed by atoms with Crippen molar-refractivity contribution >= 4 is 56.1 Å². The minimum Gasteiger partial charge on any atom is -0.478 e. The van der Waals surface area contributed by atoms with Crippen LogP contribution < -0.4 is 5.56 Å². The second kappa shape index (κ2) is 13.3. The van der Waals surface area contributed by atoms with E-state index in [1.807, 2.05) is 48.5 Å². The third kappa shape index (κ3) is 7.20. The van der Waals surface area contributed by atoms with E-state index in [4.69, 9.17) is 31.0 Å². The lowest BCUT2D eigenvalue weighted by Crippen LogP contribution is -2.32. The van der Waals surface area contributed by atoms with Gasteiger partial charge < -0.3 is 19.4 Å². The van der Waals surface area contributed by atoms with Crippen molar-refractivity contribution < 1.29 is 29.0 Å². The van der Waals surface area contributed by atoms with E-state index in [1.54, 1.807) is 18.0 Å². The Balaban J connectivity index is 0.000000407. The third-order valence-corrected chi connectivity index (χ3v) is 8.39. The van der Waals surface area contributed by atoms with E-state index < -0.39 is 11.9 Å². The zero-order valence-electron chi connectivity index (χ0n) is 23.1. The Kier molecular flexibility index (Phi) is 9.37. The number of aliphatic carboxylic acids is 2. The van der Waals surface area contributed by atoms with Gasteiger partial charge in [-0.05, 0) is 67.4 Å². The minimum atomic E-state index is -1.26. The molecule has 3 aromatic heterocycles. The normalized spacial score (nSPS) is 15.3. The maximum absolute atomic E-state index is 13.4. The van der Waals surface area contributed by atoms with Crippen molar-refractivity contribution in [1.29, 1.82) is 0 Å². The lowest BCUT2D eigenvalue weighted by atomic mass is 10.2. The molecule has 0 radical (unpaired) electrons. The molecule has 4 heterocycles. The lowest BCUT2D eigenvalue weighted by molar-refractivity contribution is -0.134. The van der Waals surface area contributed by atoms with Crippen molar-refractivity contribution in [1.82, 2.24) is 14.5 Å². The van der Waals surface area contributed by atoms with Gasteiger partial charge >= 0.3 is 11.9 Å². The number of likely N-dealkylation sites (tertiary alicyclic amines) is 1. The van der Waals surface area contributed by atoms with E-state index in [0.717, 1.165) is 59.0 Å². The second-order valence-corrected chi connectivity index (χ2v) is 11.4. The molecular formula is C31H28ClN3O7S. The summed E-state index contributed by atoms with van der Waals surface area (Å²) < 4.78 is 13.7. The highest BCUT2D eigenvalue weighted by molar-refractivity contribution is 7.22. The number of carbonyl (C=O) groups is 2. The van der Waals surface area contributed by atoms with Gasteiger partial charge in [0.1, 0.15) is 22.4 Å². The average molecular weight is 622 g/mol. The molecule has 0 unspecified atom stereocenters. The van der Waals surface area contributed by atoms with Gasteiger partial charge in [0.15, 0.2) is 0 Å². The molecule has 1 aliphatic heterocycles. The fourth-order valence-corrected chi connectivity index (χ4v) is 6.17. The smallest absolute Gasteiger partial charge is 0.328 e. The Morgan fingerprint density at radius 2 is 1.86 bits per heavy atom. The van der Waals surface area contributed by atoms with E-state index in [9.17, 15) is 14.4 Å². The van der Waals surface area contributed by atoms with Gasteiger partial charge in [-0.2, -0.15) is 0 Å². The van der Waals surface area contributed by atoms with Crippen molar-refractivity contribution in [3.63, 3.8) is 0 Å². The SMILES string of the molecule is COC[C@H]1CCCN1Cc1cc2cc(-n3cnc4cc(-c5ccc(Cl)cc5)sc4c3=O)ccc2o1.O=C(O)/C=C\C(=O)O. The van der Waals surface area contributed by atoms with Crippen molar-refractivity contribution in [2.24, 2.45) is 0 Å². The van der Waals surface area contributed by atoms with Crippen LogP contribution in [-0.4, -0.2) is 62.9 Å². The number of aromatic nitrogens is 2. The molecule has 10 nitrogen and oxygen atoms in total. The van der Waals surface area contributed by atoms with Gasteiger partial charge in [-0.25, -0.2) is 14.6 Å². The summed E-state index contributed by atoms with van der Waals surface area (Å²) in [7, 11) is 1.75. The molecule has 2 N–H and O–H groups in total. The molecule has 1 saturated heterocycles. The van der Waals surface area contributed by atoms with E-state index in [1.165, 1.54) is 17.8 Å². The summed E-state index contributed by atoms with van der Waals surface area (Å²) in [5.74, 6) is -1.59. The number of nitrogens with zero attached hydrogens (tertiary/aromatic N) is 3. The fourth-order valence-electron chi connectivity index (χ4n) is 4.99. The number of carboxylic acids is 2. The molecule has 1 aliphatic rings. The lowest BCUT2D eigenvalue weighted by Gasteiger charge is -2.22. The Labute approximate surface area is 255 Å². The number of furan rings is 1. The Morgan fingerprint density at radius 3 is 2.56 bits per heavy atom. The van der Waals surface area contributed by atoms with E-state index in [0.29, 0.717) is 33.4 Å². The number of halogens is 1. The quantitative estimate of drug-likeness (QED) is 0.205. The first-order chi connectivity index (χ1) is 20.7. The van der Waals surface area contributed by atoms with Gasteiger partial charge in [0.05, 0.1) is 24.4 Å². The van der Waals surface area contributed by atoms with Gasteiger partial charge in [-0.3, -0.25) is 14.3 Å². The fraction of sp³-hybridized carbons (Fsp3) is 0.226. The highest BCUT2D eigenvalue weighted by Gasteiger charge is 2.25. The van der Waals surface area contributed by atoms with E-state index in [2.05, 4.69) is 16.0 Å². The molecule has 43 heavy (non-hydrogen) atoms. The van der Waals surface area contributed by atoms with Crippen LogP contribution in [0.1, 0.15) is 18.6 Å². The number of methoxy groups -OCH3 is 1. The largest absolute Gasteiger partial charge is 0.478 e. The summed E-state index contributed by atoms with van der Waals surface area (Å²) in [5, 5.41) is 17.3. The first kappa shape index (κ1) is 30.2. The highest BCUT2D eigenvalue weighted by Crippen LogP contribution is 2.32. The maximum Gasteiger partial charge on any atom is 0.328 e. The van der Waals surface area contributed by atoms with Crippen LogP contribution in [0.25, 0.3) is 37.3 Å². The predicted octanol–water partition coefficient (Wildman–Crippen LogP) is 5.84. The summed E-state index contributed by atoms with van der Waals surface area (Å²) in [4.78, 5) is 40.4. The molecule has 5 aromatic rings. The van der Waals surface area contributed by atoms with Crippen LogP contribution >= 0.6 is 22.9 Å². The van der Waals surface area contributed by atoms with Crippen LogP contribution in [0, 0.1) is 0 Å². The number of carboxylic acid groups (broad SMARTS) is 2. The second-order valence-electron chi connectivity index (χ2n) is 9.92. The van der Waals surface area contributed by atoms with Crippen LogP contribution in [0.5, 0.6) is 0 Å². The zero-order chi connectivity index (χ0) is 30.5. The molecule has 0 amide bonds. The maximum atomic E-state index is 13.4.